The standard InChI is InChI=1S/C15H17NO2/c1-11(16)14-7-2-3-8-15(14)18-13-6-4-5-12(9-13)10-17/h2-9,11,17H,10,16H2,1H3/t11-/m0/s1. The van der Waals surface area contributed by atoms with Gasteiger partial charge in [0.05, 0.1) is 6.61 Å². The van der Waals surface area contributed by atoms with E-state index in [1.807, 2.05) is 55.5 Å². The first-order valence-electron chi connectivity index (χ1n) is 5.93. The van der Waals surface area contributed by atoms with Crippen LogP contribution in [0.5, 0.6) is 11.5 Å². The number of aliphatic hydroxyl groups excluding tert-OH is 1. The molecule has 0 bridgehead atoms. The van der Waals surface area contributed by atoms with Crippen LogP contribution in [0, 0.1) is 0 Å². The number of hydrogen-bond acceptors (Lipinski definition) is 3. The first kappa shape index (κ1) is 12.6. The molecule has 3 N–H and O–H groups in total. The average molecular weight is 243 g/mol. The van der Waals surface area contributed by atoms with Crippen molar-refractivity contribution in [2.24, 2.45) is 5.73 Å². The topological polar surface area (TPSA) is 55.5 Å². The maximum atomic E-state index is 9.10. The van der Waals surface area contributed by atoms with Crippen LogP contribution in [0.3, 0.4) is 0 Å². The second kappa shape index (κ2) is 5.67. The van der Waals surface area contributed by atoms with Gasteiger partial charge in [-0.25, -0.2) is 0 Å². The summed E-state index contributed by atoms with van der Waals surface area (Å²) in [7, 11) is 0. The number of aliphatic hydroxyl groups is 1. The molecule has 0 aromatic heterocycles. The molecule has 2 aromatic carbocycles. The Morgan fingerprint density at radius 3 is 2.67 bits per heavy atom. The molecule has 0 spiro atoms. The zero-order valence-corrected chi connectivity index (χ0v) is 10.3. The van der Waals surface area contributed by atoms with Crippen LogP contribution in [0.4, 0.5) is 0 Å². The van der Waals surface area contributed by atoms with Crippen LogP contribution >= 0.6 is 0 Å². The molecule has 0 saturated carbocycles. The molecular weight excluding hydrogens is 226 g/mol. The molecule has 94 valence electrons. The minimum atomic E-state index is -0.0813. The molecule has 3 nitrogen and oxygen atoms in total. The van der Waals surface area contributed by atoms with Gasteiger partial charge in [-0.05, 0) is 30.7 Å². The lowest BCUT2D eigenvalue weighted by molar-refractivity contribution is 0.281. The predicted octanol–water partition coefficient (Wildman–Crippen LogP) is 2.99. The van der Waals surface area contributed by atoms with Gasteiger partial charge in [-0.1, -0.05) is 30.3 Å². The number of hydrogen-bond donors (Lipinski definition) is 2. The summed E-state index contributed by atoms with van der Waals surface area (Å²) < 4.78 is 5.82. The van der Waals surface area contributed by atoms with E-state index in [1.165, 1.54) is 0 Å². The maximum absolute atomic E-state index is 9.10. The lowest BCUT2D eigenvalue weighted by Crippen LogP contribution is -2.06. The summed E-state index contributed by atoms with van der Waals surface area (Å²) in [5.74, 6) is 1.46. The monoisotopic (exact) mass is 243 g/mol. The maximum Gasteiger partial charge on any atom is 0.132 e. The van der Waals surface area contributed by atoms with Crippen LogP contribution < -0.4 is 10.5 Å². The Labute approximate surface area is 107 Å². The van der Waals surface area contributed by atoms with Crippen LogP contribution in [0.1, 0.15) is 24.1 Å². The summed E-state index contributed by atoms with van der Waals surface area (Å²) in [4.78, 5) is 0. The lowest BCUT2D eigenvalue weighted by atomic mass is 10.1. The fraction of sp³-hybridized carbons (Fsp3) is 0.200. The Balaban J connectivity index is 2.28. The minimum absolute atomic E-state index is 0.00609. The summed E-state index contributed by atoms with van der Waals surface area (Å²) in [6.07, 6.45) is 0. The molecule has 0 aliphatic rings. The van der Waals surface area contributed by atoms with Gasteiger partial charge in [-0.2, -0.15) is 0 Å². The first-order valence-corrected chi connectivity index (χ1v) is 5.93. The van der Waals surface area contributed by atoms with E-state index in [1.54, 1.807) is 0 Å². The molecule has 0 aliphatic heterocycles. The highest BCUT2D eigenvalue weighted by molar-refractivity contribution is 5.40. The first-order chi connectivity index (χ1) is 8.70. The second-order valence-corrected chi connectivity index (χ2v) is 4.23. The number of rotatable bonds is 4. The lowest BCUT2D eigenvalue weighted by Gasteiger charge is -2.13. The molecule has 1 atom stereocenters. The Kier molecular flexibility index (Phi) is 3.97. The van der Waals surface area contributed by atoms with Crippen LogP contribution in [-0.2, 0) is 6.61 Å². The zero-order valence-electron chi connectivity index (χ0n) is 10.3. The summed E-state index contributed by atoms with van der Waals surface area (Å²) in [6, 6.07) is 15.0. The molecule has 0 saturated heterocycles. The predicted molar refractivity (Wildman–Crippen MR) is 71.5 cm³/mol. The molecule has 0 aliphatic carbocycles. The van der Waals surface area contributed by atoms with Crippen molar-refractivity contribution in [3.05, 3.63) is 59.7 Å². The van der Waals surface area contributed by atoms with Gasteiger partial charge < -0.3 is 15.6 Å². The Morgan fingerprint density at radius 1 is 1.17 bits per heavy atom. The van der Waals surface area contributed by atoms with E-state index in [0.717, 1.165) is 16.9 Å². The Morgan fingerprint density at radius 2 is 1.94 bits per heavy atom. The van der Waals surface area contributed by atoms with Crippen molar-refractivity contribution in [1.29, 1.82) is 0 Å². The number of nitrogens with two attached hydrogens (primary N) is 1. The quantitative estimate of drug-likeness (QED) is 0.868. The molecule has 18 heavy (non-hydrogen) atoms. The zero-order chi connectivity index (χ0) is 13.0. The summed E-state index contributed by atoms with van der Waals surface area (Å²) in [5, 5.41) is 9.10. The highest BCUT2D eigenvalue weighted by atomic mass is 16.5. The van der Waals surface area contributed by atoms with E-state index in [0.29, 0.717) is 5.75 Å². The van der Waals surface area contributed by atoms with Crippen molar-refractivity contribution in [2.75, 3.05) is 0 Å². The summed E-state index contributed by atoms with van der Waals surface area (Å²) in [5.41, 5.74) is 7.69. The SMILES string of the molecule is C[C@H](N)c1ccccc1Oc1cccc(CO)c1. The van der Waals surface area contributed by atoms with Crippen molar-refractivity contribution < 1.29 is 9.84 Å². The van der Waals surface area contributed by atoms with Gasteiger partial charge >= 0.3 is 0 Å². The Hall–Kier alpha value is -1.84. The summed E-state index contributed by atoms with van der Waals surface area (Å²) in [6.45, 7) is 1.93. The minimum Gasteiger partial charge on any atom is -0.457 e. The molecule has 2 rings (SSSR count). The number of para-hydroxylation sites is 1. The van der Waals surface area contributed by atoms with Crippen LogP contribution in [-0.4, -0.2) is 5.11 Å². The third-order valence-electron chi connectivity index (χ3n) is 2.72. The molecule has 2 aromatic rings. The molecule has 0 heterocycles. The molecule has 0 fully saturated rings. The molecular formula is C15H17NO2. The molecule has 0 radical (unpaired) electrons. The largest absolute Gasteiger partial charge is 0.457 e. The molecule has 3 heteroatoms. The van der Waals surface area contributed by atoms with Gasteiger partial charge in [-0.3, -0.25) is 0 Å². The van der Waals surface area contributed by atoms with Gasteiger partial charge in [0.1, 0.15) is 11.5 Å². The number of ether oxygens (including phenoxy) is 1. The van der Waals surface area contributed by atoms with Crippen LogP contribution in [0.15, 0.2) is 48.5 Å². The molecule has 0 unspecified atom stereocenters. The summed E-state index contributed by atoms with van der Waals surface area (Å²) >= 11 is 0. The third-order valence-corrected chi connectivity index (χ3v) is 2.72. The van der Waals surface area contributed by atoms with Crippen molar-refractivity contribution in [3.8, 4) is 11.5 Å². The van der Waals surface area contributed by atoms with E-state index in [2.05, 4.69) is 0 Å². The number of benzene rings is 2. The molecule has 0 amide bonds. The van der Waals surface area contributed by atoms with Gasteiger partial charge in [0.2, 0.25) is 0 Å². The van der Waals surface area contributed by atoms with E-state index in [-0.39, 0.29) is 12.6 Å². The highest BCUT2D eigenvalue weighted by Crippen LogP contribution is 2.28. The smallest absolute Gasteiger partial charge is 0.132 e. The average Bonchev–Trinajstić information content (AvgIpc) is 2.39. The second-order valence-electron chi connectivity index (χ2n) is 4.23. The normalized spacial score (nSPS) is 12.2. The van der Waals surface area contributed by atoms with Gasteiger partial charge in [-0.15, -0.1) is 0 Å². The fourth-order valence-electron chi connectivity index (χ4n) is 1.78. The van der Waals surface area contributed by atoms with Crippen molar-refractivity contribution >= 4 is 0 Å². The van der Waals surface area contributed by atoms with E-state index >= 15 is 0 Å². The van der Waals surface area contributed by atoms with E-state index in [4.69, 9.17) is 15.6 Å². The van der Waals surface area contributed by atoms with Crippen molar-refractivity contribution in [2.45, 2.75) is 19.6 Å². The van der Waals surface area contributed by atoms with Crippen LogP contribution in [0.2, 0.25) is 0 Å². The van der Waals surface area contributed by atoms with Crippen molar-refractivity contribution in [3.63, 3.8) is 0 Å². The van der Waals surface area contributed by atoms with Gasteiger partial charge in [0, 0.05) is 11.6 Å². The van der Waals surface area contributed by atoms with Crippen LogP contribution in [0.25, 0.3) is 0 Å². The van der Waals surface area contributed by atoms with Gasteiger partial charge in [0.25, 0.3) is 0 Å². The van der Waals surface area contributed by atoms with E-state index in [9.17, 15) is 0 Å². The third kappa shape index (κ3) is 2.88. The van der Waals surface area contributed by atoms with Gasteiger partial charge in [0.15, 0.2) is 0 Å². The Bertz CT molecular complexity index is 523. The van der Waals surface area contributed by atoms with Crippen molar-refractivity contribution in [1.82, 2.24) is 0 Å². The van der Waals surface area contributed by atoms with E-state index < -0.39 is 0 Å². The highest BCUT2D eigenvalue weighted by Gasteiger charge is 2.08. The fourth-order valence-corrected chi connectivity index (χ4v) is 1.78.